The van der Waals surface area contributed by atoms with E-state index in [4.69, 9.17) is 4.74 Å². The van der Waals surface area contributed by atoms with E-state index in [1.165, 1.54) is 48.5 Å². The number of rotatable bonds is 8. The van der Waals surface area contributed by atoms with Gasteiger partial charge in [0.25, 0.3) is 11.8 Å². The molecule has 2 N–H and O–H groups in total. The van der Waals surface area contributed by atoms with Crippen molar-refractivity contribution in [1.82, 2.24) is 10.6 Å². The van der Waals surface area contributed by atoms with E-state index >= 15 is 0 Å². The quantitative estimate of drug-likeness (QED) is 0.412. The maximum Gasteiger partial charge on any atom is 0.513 e. The van der Waals surface area contributed by atoms with Crippen LogP contribution >= 0.6 is 0 Å². The van der Waals surface area contributed by atoms with Crippen molar-refractivity contribution in [2.24, 2.45) is 0 Å². The smallest absolute Gasteiger partial charge is 0.434 e. The van der Waals surface area contributed by atoms with E-state index in [1.807, 2.05) is 0 Å². The molecule has 2 amide bonds. The number of nitrogens with one attached hydrogen (secondary N) is 2. The third-order valence-corrected chi connectivity index (χ3v) is 3.61. The van der Waals surface area contributed by atoms with Crippen LogP contribution in [0.1, 0.15) is 34.1 Å². The molecule has 0 spiro atoms. The molecule has 0 heterocycles. The summed E-state index contributed by atoms with van der Waals surface area (Å²) in [5.41, 5.74) is 0.780. The van der Waals surface area contributed by atoms with E-state index < -0.39 is 12.0 Å². The number of benzene rings is 2. The van der Waals surface area contributed by atoms with Gasteiger partial charge in [0, 0.05) is 24.2 Å². The Bertz CT molecular complexity index is 806. The summed E-state index contributed by atoms with van der Waals surface area (Å²) in [7, 11) is 0. The van der Waals surface area contributed by atoms with E-state index in [2.05, 4.69) is 15.4 Å². The topological polar surface area (TPSA) is 93.7 Å². The number of carbonyl (C=O) groups is 3. The zero-order valence-electron chi connectivity index (χ0n) is 15.4. The first-order chi connectivity index (χ1) is 13.5. The summed E-state index contributed by atoms with van der Waals surface area (Å²) >= 11 is 0. The molecule has 0 unspecified atom stereocenters. The van der Waals surface area contributed by atoms with Crippen LogP contribution in [0.3, 0.4) is 0 Å². The third kappa shape index (κ3) is 6.71. The number of hydrogen-bond acceptors (Lipinski definition) is 5. The summed E-state index contributed by atoms with van der Waals surface area (Å²) in [6.07, 6.45) is -0.273. The van der Waals surface area contributed by atoms with E-state index in [0.29, 0.717) is 30.6 Å². The van der Waals surface area contributed by atoms with Crippen molar-refractivity contribution in [2.45, 2.75) is 13.3 Å². The minimum Gasteiger partial charge on any atom is -0.434 e. The second-order valence-corrected chi connectivity index (χ2v) is 5.68. The standard InChI is InChI=1S/C20H21FN2O5/c1-2-27-20(26)28-17-10-6-15(7-11-17)19(25)23-13-3-12-22-18(24)14-4-8-16(21)9-5-14/h4-11H,2-3,12-13H2,1H3,(H,22,24)(H,23,25). The molecule has 0 aromatic heterocycles. The van der Waals surface area contributed by atoms with Crippen LogP contribution < -0.4 is 15.4 Å². The molecule has 0 saturated heterocycles. The van der Waals surface area contributed by atoms with Crippen molar-refractivity contribution in [2.75, 3.05) is 19.7 Å². The average molecular weight is 388 g/mol. The number of halogens is 1. The Morgan fingerprint density at radius 3 is 1.86 bits per heavy atom. The van der Waals surface area contributed by atoms with Crippen molar-refractivity contribution < 1.29 is 28.2 Å². The Kier molecular flexibility index (Phi) is 7.95. The predicted molar refractivity (Wildman–Crippen MR) is 99.8 cm³/mol. The number of hydrogen-bond donors (Lipinski definition) is 2. The predicted octanol–water partition coefficient (Wildman–Crippen LogP) is 2.91. The fourth-order valence-corrected chi connectivity index (χ4v) is 2.22. The Morgan fingerprint density at radius 1 is 0.857 bits per heavy atom. The lowest BCUT2D eigenvalue weighted by Crippen LogP contribution is -2.29. The van der Waals surface area contributed by atoms with Gasteiger partial charge in [-0.2, -0.15) is 0 Å². The summed E-state index contributed by atoms with van der Waals surface area (Å²) in [4.78, 5) is 35.1. The summed E-state index contributed by atoms with van der Waals surface area (Å²) in [6, 6.07) is 11.3. The lowest BCUT2D eigenvalue weighted by atomic mass is 10.2. The summed E-state index contributed by atoms with van der Waals surface area (Å²) in [5, 5.41) is 5.42. The Balaban J connectivity index is 1.68. The molecule has 0 atom stereocenters. The van der Waals surface area contributed by atoms with Crippen molar-refractivity contribution in [3.8, 4) is 5.75 Å². The van der Waals surface area contributed by atoms with Crippen molar-refractivity contribution in [1.29, 1.82) is 0 Å². The van der Waals surface area contributed by atoms with Gasteiger partial charge in [0.05, 0.1) is 6.61 Å². The lowest BCUT2D eigenvalue weighted by Gasteiger charge is -2.08. The molecule has 8 heteroatoms. The first-order valence-corrected chi connectivity index (χ1v) is 8.76. The number of amides is 2. The summed E-state index contributed by atoms with van der Waals surface area (Å²) < 4.78 is 22.4. The van der Waals surface area contributed by atoms with Crippen molar-refractivity contribution >= 4 is 18.0 Å². The van der Waals surface area contributed by atoms with Crippen LogP contribution in [0.15, 0.2) is 48.5 Å². The van der Waals surface area contributed by atoms with Crippen LogP contribution in [0.25, 0.3) is 0 Å². The molecule has 0 bridgehead atoms. The molecule has 2 rings (SSSR count). The monoisotopic (exact) mass is 388 g/mol. The normalized spacial score (nSPS) is 10.1. The zero-order chi connectivity index (χ0) is 20.4. The second-order valence-electron chi connectivity index (χ2n) is 5.68. The largest absolute Gasteiger partial charge is 0.513 e. The van der Waals surface area contributed by atoms with Gasteiger partial charge in [0.2, 0.25) is 0 Å². The van der Waals surface area contributed by atoms with Crippen LogP contribution in [0.2, 0.25) is 0 Å². The van der Waals surface area contributed by atoms with Crippen LogP contribution in [-0.2, 0) is 4.74 Å². The minimum absolute atomic E-state index is 0.212. The van der Waals surface area contributed by atoms with Crippen LogP contribution in [0, 0.1) is 5.82 Å². The van der Waals surface area contributed by atoms with Crippen LogP contribution in [0.5, 0.6) is 5.75 Å². The highest BCUT2D eigenvalue weighted by molar-refractivity contribution is 5.94. The third-order valence-electron chi connectivity index (χ3n) is 3.61. The van der Waals surface area contributed by atoms with Gasteiger partial charge in [-0.3, -0.25) is 9.59 Å². The zero-order valence-corrected chi connectivity index (χ0v) is 15.4. The van der Waals surface area contributed by atoms with Crippen molar-refractivity contribution in [3.63, 3.8) is 0 Å². The van der Waals surface area contributed by atoms with Gasteiger partial charge in [0.1, 0.15) is 11.6 Å². The molecule has 7 nitrogen and oxygen atoms in total. The molecule has 2 aromatic carbocycles. The summed E-state index contributed by atoms with van der Waals surface area (Å²) in [6.45, 7) is 2.61. The van der Waals surface area contributed by atoms with Crippen LogP contribution in [-0.4, -0.2) is 37.7 Å². The second kappa shape index (κ2) is 10.7. The maximum absolute atomic E-state index is 12.8. The molecule has 0 aliphatic carbocycles. The van der Waals surface area contributed by atoms with Gasteiger partial charge in [-0.1, -0.05) is 0 Å². The molecule has 0 radical (unpaired) electrons. The molecule has 0 aliphatic rings. The highest BCUT2D eigenvalue weighted by Gasteiger charge is 2.08. The Morgan fingerprint density at radius 2 is 1.36 bits per heavy atom. The minimum atomic E-state index is -0.803. The fraction of sp³-hybridized carbons (Fsp3) is 0.250. The van der Waals surface area contributed by atoms with Gasteiger partial charge in [-0.05, 0) is 61.9 Å². The highest BCUT2D eigenvalue weighted by Crippen LogP contribution is 2.13. The van der Waals surface area contributed by atoms with E-state index in [9.17, 15) is 18.8 Å². The van der Waals surface area contributed by atoms with E-state index in [0.717, 1.165) is 0 Å². The van der Waals surface area contributed by atoms with Gasteiger partial charge in [0.15, 0.2) is 0 Å². The molecule has 0 fully saturated rings. The average Bonchev–Trinajstić information content (AvgIpc) is 2.68. The van der Waals surface area contributed by atoms with Crippen LogP contribution in [0.4, 0.5) is 9.18 Å². The Hall–Kier alpha value is -3.42. The van der Waals surface area contributed by atoms with Gasteiger partial charge < -0.3 is 20.1 Å². The van der Waals surface area contributed by atoms with Gasteiger partial charge >= 0.3 is 6.16 Å². The Labute approximate surface area is 161 Å². The fourth-order valence-electron chi connectivity index (χ4n) is 2.22. The highest BCUT2D eigenvalue weighted by atomic mass is 19.1. The number of ether oxygens (including phenoxy) is 2. The van der Waals surface area contributed by atoms with Crippen molar-refractivity contribution in [3.05, 3.63) is 65.5 Å². The summed E-state index contributed by atoms with van der Waals surface area (Å²) in [5.74, 6) is -0.714. The molecule has 0 saturated carbocycles. The first-order valence-electron chi connectivity index (χ1n) is 8.76. The maximum atomic E-state index is 12.8. The molecule has 148 valence electrons. The number of carbonyl (C=O) groups excluding carboxylic acids is 3. The van der Waals surface area contributed by atoms with Gasteiger partial charge in [-0.25, -0.2) is 9.18 Å². The molecule has 28 heavy (non-hydrogen) atoms. The molecular weight excluding hydrogens is 367 g/mol. The molecule has 2 aromatic rings. The molecule has 0 aliphatic heterocycles. The first kappa shape index (κ1) is 20.9. The molecular formula is C20H21FN2O5. The SMILES string of the molecule is CCOC(=O)Oc1ccc(C(=O)NCCCNC(=O)c2ccc(F)cc2)cc1. The lowest BCUT2D eigenvalue weighted by molar-refractivity contribution is 0.0951. The van der Waals surface area contributed by atoms with Gasteiger partial charge in [-0.15, -0.1) is 0 Å². The van der Waals surface area contributed by atoms with E-state index in [-0.39, 0.29) is 24.2 Å². The van der Waals surface area contributed by atoms with E-state index in [1.54, 1.807) is 6.92 Å².